The molecule has 1 fully saturated rings. The zero-order chi connectivity index (χ0) is 12.5. The van der Waals surface area contributed by atoms with Gasteiger partial charge in [0.15, 0.2) is 0 Å². The van der Waals surface area contributed by atoms with E-state index in [1.165, 1.54) is 24.0 Å². The van der Waals surface area contributed by atoms with Crippen molar-refractivity contribution in [1.29, 1.82) is 0 Å². The molecule has 3 rings (SSSR count). The van der Waals surface area contributed by atoms with E-state index < -0.39 is 0 Å². The van der Waals surface area contributed by atoms with Gasteiger partial charge < -0.3 is 9.47 Å². The van der Waals surface area contributed by atoms with Gasteiger partial charge in [-0.1, -0.05) is 24.3 Å². The van der Waals surface area contributed by atoms with Gasteiger partial charge in [0.1, 0.15) is 0 Å². The van der Waals surface area contributed by atoms with E-state index in [0.717, 1.165) is 13.0 Å². The molecule has 1 aromatic carbocycles. The second-order valence-corrected chi connectivity index (χ2v) is 5.65. The van der Waals surface area contributed by atoms with Crippen LogP contribution in [0.4, 0.5) is 0 Å². The minimum Gasteiger partial charge on any atom is -0.381 e. The van der Waals surface area contributed by atoms with Crippen LogP contribution in [0.3, 0.4) is 0 Å². The van der Waals surface area contributed by atoms with Crippen LogP contribution < -0.4 is 0 Å². The van der Waals surface area contributed by atoms with Crippen LogP contribution in [0.25, 0.3) is 0 Å². The summed E-state index contributed by atoms with van der Waals surface area (Å²) in [6.07, 6.45) is 4.11. The molecule has 0 amide bonds. The molecule has 1 aromatic rings. The van der Waals surface area contributed by atoms with Crippen molar-refractivity contribution in [2.75, 3.05) is 13.7 Å². The Labute approximate surface area is 109 Å². The van der Waals surface area contributed by atoms with Crippen molar-refractivity contribution in [3.05, 3.63) is 35.4 Å². The Kier molecular flexibility index (Phi) is 3.40. The SMILES string of the molecule is COC1CCOC(C)C1C1Cc2ccccc2C1. The molecular weight excluding hydrogens is 224 g/mol. The summed E-state index contributed by atoms with van der Waals surface area (Å²) in [4.78, 5) is 0. The molecule has 2 nitrogen and oxygen atoms in total. The lowest BCUT2D eigenvalue weighted by Crippen LogP contribution is -2.43. The predicted molar refractivity (Wildman–Crippen MR) is 71.7 cm³/mol. The summed E-state index contributed by atoms with van der Waals surface area (Å²) < 4.78 is 11.6. The lowest BCUT2D eigenvalue weighted by atomic mass is 9.79. The number of methoxy groups -OCH3 is 1. The summed E-state index contributed by atoms with van der Waals surface area (Å²) in [6, 6.07) is 8.84. The van der Waals surface area contributed by atoms with E-state index in [-0.39, 0.29) is 0 Å². The summed E-state index contributed by atoms with van der Waals surface area (Å²) in [7, 11) is 1.85. The average molecular weight is 246 g/mol. The molecule has 1 aliphatic carbocycles. The van der Waals surface area contributed by atoms with Gasteiger partial charge in [0, 0.05) is 19.6 Å². The Morgan fingerprint density at radius 3 is 2.44 bits per heavy atom. The average Bonchev–Trinajstić information content (AvgIpc) is 2.81. The molecule has 1 aliphatic heterocycles. The van der Waals surface area contributed by atoms with Crippen LogP contribution >= 0.6 is 0 Å². The standard InChI is InChI=1S/C16H22O2/c1-11-16(15(17-2)7-8-18-11)14-9-12-5-3-4-6-13(12)10-14/h3-6,11,14-16H,7-10H2,1-2H3. The highest BCUT2D eigenvalue weighted by Gasteiger charge is 2.39. The van der Waals surface area contributed by atoms with Gasteiger partial charge in [-0.3, -0.25) is 0 Å². The van der Waals surface area contributed by atoms with E-state index in [9.17, 15) is 0 Å². The third-order valence-electron chi connectivity index (χ3n) is 4.68. The van der Waals surface area contributed by atoms with Gasteiger partial charge in [-0.25, -0.2) is 0 Å². The molecule has 3 atom stereocenters. The minimum absolute atomic E-state index is 0.322. The largest absolute Gasteiger partial charge is 0.381 e. The van der Waals surface area contributed by atoms with Crippen molar-refractivity contribution in [3.8, 4) is 0 Å². The van der Waals surface area contributed by atoms with Crippen LogP contribution in [0.1, 0.15) is 24.5 Å². The summed E-state index contributed by atoms with van der Waals surface area (Å²) in [5.74, 6) is 1.22. The highest BCUT2D eigenvalue weighted by atomic mass is 16.5. The fourth-order valence-corrected chi connectivity index (χ4v) is 3.80. The second kappa shape index (κ2) is 5.02. The molecule has 2 heteroatoms. The van der Waals surface area contributed by atoms with Crippen molar-refractivity contribution < 1.29 is 9.47 Å². The lowest BCUT2D eigenvalue weighted by Gasteiger charge is -2.39. The van der Waals surface area contributed by atoms with Crippen LogP contribution in [-0.4, -0.2) is 25.9 Å². The maximum atomic E-state index is 5.85. The quantitative estimate of drug-likeness (QED) is 0.799. The summed E-state index contributed by atoms with van der Waals surface area (Å²) in [5, 5.41) is 0. The van der Waals surface area contributed by atoms with Crippen molar-refractivity contribution in [2.24, 2.45) is 11.8 Å². The molecular formula is C16H22O2. The molecule has 1 saturated heterocycles. The molecule has 0 N–H and O–H groups in total. The monoisotopic (exact) mass is 246 g/mol. The molecule has 1 heterocycles. The molecule has 0 bridgehead atoms. The number of benzene rings is 1. The summed E-state index contributed by atoms with van der Waals surface area (Å²) >= 11 is 0. The fourth-order valence-electron chi connectivity index (χ4n) is 3.80. The van der Waals surface area contributed by atoms with Gasteiger partial charge in [-0.2, -0.15) is 0 Å². The number of fused-ring (bicyclic) bond motifs is 1. The fraction of sp³-hybridized carbons (Fsp3) is 0.625. The van der Waals surface area contributed by atoms with Gasteiger partial charge in [0.2, 0.25) is 0 Å². The van der Waals surface area contributed by atoms with E-state index in [4.69, 9.17) is 9.47 Å². The first-order valence-electron chi connectivity index (χ1n) is 7.00. The van der Waals surface area contributed by atoms with E-state index >= 15 is 0 Å². The molecule has 98 valence electrons. The van der Waals surface area contributed by atoms with E-state index in [0.29, 0.717) is 24.0 Å². The lowest BCUT2D eigenvalue weighted by molar-refractivity contribution is -0.115. The predicted octanol–water partition coefficient (Wildman–Crippen LogP) is 2.84. The molecule has 3 unspecified atom stereocenters. The first-order valence-corrected chi connectivity index (χ1v) is 7.00. The van der Waals surface area contributed by atoms with E-state index in [1.807, 2.05) is 7.11 Å². The van der Waals surface area contributed by atoms with Crippen LogP contribution in [-0.2, 0) is 22.3 Å². The Bertz CT molecular complexity index is 390. The van der Waals surface area contributed by atoms with Crippen molar-refractivity contribution in [3.63, 3.8) is 0 Å². The molecule has 2 aliphatic rings. The normalized spacial score (nSPS) is 32.4. The van der Waals surface area contributed by atoms with Gasteiger partial charge in [-0.05, 0) is 43.2 Å². The topological polar surface area (TPSA) is 18.5 Å². The number of hydrogen-bond donors (Lipinski definition) is 0. The van der Waals surface area contributed by atoms with Crippen molar-refractivity contribution >= 4 is 0 Å². The maximum Gasteiger partial charge on any atom is 0.0649 e. The Hall–Kier alpha value is -0.860. The minimum atomic E-state index is 0.322. The van der Waals surface area contributed by atoms with Crippen LogP contribution in [0.15, 0.2) is 24.3 Å². The molecule has 0 radical (unpaired) electrons. The van der Waals surface area contributed by atoms with Gasteiger partial charge in [-0.15, -0.1) is 0 Å². The number of hydrogen-bond acceptors (Lipinski definition) is 2. The van der Waals surface area contributed by atoms with Gasteiger partial charge >= 0.3 is 0 Å². The smallest absolute Gasteiger partial charge is 0.0649 e. The van der Waals surface area contributed by atoms with Crippen molar-refractivity contribution in [2.45, 2.75) is 38.4 Å². The van der Waals surface area contributed by atoms with Gasteiger partial charge in [0.25, 0.3) is 0 Å². The first kappa shape index (κ1) is 12.2. The first-order chi connectivity index (χ1) is 8.79. The zero-order valence-corrected chi connectivity index (χ0v) is 11.3. The molecule has 0 aromatic heterocycles. The van der Waals surface area contributed by atoms with E-state index in [2.05, 4.69) is 31.2 Å². The van der Waals surface area contributed by atoms with Crippen LogP contribution in [0, 0.1) is 11.8 Å². The highest BCUT2D eigenvalue weighted by molar-refractivity contribution is 5.32. The maximum absolute atomic E-state index is 5.85. The van der Waals surface area contributed by atoms with Crippen LogP contribution in [0.2, 0.25) is 0 Å². The Morgan fingerprint density at radius 1 is 1.17 bits per heavy atom. The summed E-state index contributed by atoms with van der Waals surface area (Å²) in [6.45, 7) is 3.05. The molecule has 18 heavy (non-hydrogen) atoms. The van der Waals surface area contributed by atoms with E-state index in [1.54, 1.807) is 0 Å². The second-order valence-electron chi connectivity index (χ2n) is 5.65. The van der Waals surface area contributed by atoms with Crippen LogP contribution in [0.5, 0.6) is 0 Å². The molecule has 0 saturated carbocycles. The summed E-state index contributed by atoms with van der Waals surface area (Å²) in [5.41, 5.74) is 3.05. The highest BCUT2D eigenvalue weighted by Crippen LogP contribution is 2.38. The Morgan fingerprint density at radius 2 is 1.83 bits per heavy atom. The third-order valence-corrected chi connectivity index (χ3v) is 4.68. The number of rotatable bonds is 2. The van der Waals surface area contributed by atoms with Crippen molar-refractivity contribution in [1.82, 2.24) is 0 Å². The Balaban J connectivity index is 1.79. The third kappa shape index (κ3) is 2.08. The zero-order valence-electron chi connectivity index (χ0n) is 11.3. The number of ether oxygens (including phenoxy) is 2. The molecule has 0 spiro atoms. The van der Waals surface area contributed by atoms with Gasteiger partial charge in [0.05, 0.1) is 12.2 Å².